The van der Waals surface area contributed by atoms with Crippen molar-refractivity contribution in [2.75, 3.05) is 64.5 Å². The summed E-state index contributed by atoms with van der Waals surface area (Å²) in [5.74, 6) is -0.129. The van der Waals surface area contributed by atoms with Gasteiger partial charge < -0.3 is 19.7 Å². The predicted molar refractivity (Wildman–Crippen MR) is 120 cm³/mol. The van der Waals surface area contributed by atoms with Crippen LogP contribution in [0.5, 0.6) is 0 Å². The second kappa shape index (κ2) is 10.5. The predicted octanol–water partition coefficient (Wildman–Crippen LogP) is 1.81. The third-order valence-corrected chi connectivity index (χ3v) is 6.11. The van der Waals surface area contributed by atoms with Gasteiger partial charge in [0, 0.05) is 74.8 Å². The zero-order valence-electron chi connectivity index (χ0n) is 18.0. The lowest BCUT2D eigenvalue weighted by molar-refractivity contribution is 0.0920. The monoisotopic (exact) mass is 447 g/mol. The number of methoxy groups -OCH3 is 1. The number of aromatic nitrogens is 2. The molecule has 0 unspecified atom stereocenters. The van der Waals surface area contributed by atoms with Gasteiger partial charge in [-0.3, -0.25) is 14.4 Å². The number of piperazine rings is 1. The van der Waals surface area contributed by atoms with Crippen LogP contribution in [0.25, 0.3) is 0 Å². The van der Waals surface area contributed by atoms with Crippen molar-refractivity contribution in [3.8, 4) is 0 Å². The molecule has 3 heterocycles. The van der Waals surface area contributed by atoms with Gasteiger partial charge in [-0.2, -0.15) is 5.10 Å². The number of nitrogens with one attached hydrogen (secondary N) is 1. The molecule has 0 spiro atoms. The Kier molecular flexibility index (Phi) is 7.45. The van der Waals surface area contributed by atoms with Crippen LogP contribution in [-0.2, 0) is 29.0 Å². The third-order valence-electron chi connectivity index (χ3n) is 5.88. The molecular formula is C22H30ClN5O3. The van der Waals surface area contributed by atoms with Crippen LogP contribution in [0.2, 0.25) is 5.02 Å². The van der Waals surface area contributed by atoms with E-state index in [9.17, 15) is 4.79 Å². The van der Waals surface area contributed by atoms with Crippen LogP contribution in [-0.4, -0.2) is 80.2 Å². The van der Waals surface area contributed by atoms with Gasteiger partial charge in [-0.15, -0.1) is 0 Å². The topological polar surface area (TPSA) is 71.9 Å². The molecule has 1 N–H and O–H groups in total. The molecule has 2 aliphatic rings. The molecule has 2 aliphatic heterocycles. The van der Waals surface area contributed by atoms with Crippen LogP contribution >= 0.6 is 11.6 Å². The molecule has 0 atom stereocenters. The first-order valence-electron chi connectivity index (χ1n) is 10.8. The normalized spacial score (nSPS) is 16.9. The number of rotatable bonds is 8. The van der Waals surface area contributed by atoms with Gasteiger partial charge in [-0.25, -0.2) is 0 Å². The quantitative estimate of drug-likeness (QED) is 0.665. The van der Waals surface area contributed by atoms with E-state index in [2.05, 4.69) is 26.3 Å². The molecular weight excluding hydrogens is 418 g/mol. The summed E-state index contributed by atoms with van der Waals surface area (Å²) in [6.45, 7) is 7.53. The first-order chi connectivity index (χ1) is 15.2. The third kappa shape index (κ3) is 5.38. The Bertz CT molecular complexity index is 895. The highest BCUT2D eigenvalue weighted by Crippen LogP contribution is 2.22. The van der Waals surface area contributed by atoms with Crippen LogP contribution in [0.4, 0.5) is 5.69 Å². The Balaban J connectivity index is 1.27. The van der Waals surface area contributed by atoms with Crippen molar-refractivity contribution < 1.29 is 14.3 Å². The molecule has 0 aliphatic carbocycles. The van der Waals surface area contributed by atoms with E-state index < -0.39 is 0 Å². The molecule has 1 fully saturated rings. The zero-order valence-corrected chi connectivity index (χ0v) is 18.7. The highest BCUT2D eigenvalue weighted by molar-refractivity contribution is 6.30. The molecule has 0 radical (unpaired) electrons. The van der Waals surface area contributed by atoms with Gasteiger partial charge in [0.05, 0.1) is 26.4 Å². The molecule has 8 nitrogen and oxygen atoms in total. The Labute approximate surface area is 188 Å². The lowest BCUT2D eigenvalue weighted by Crippen LogP contribution is -2.48. The molecule has 0 saturated carbocycles. The van der Waals surface area contributed by atoms with E-state index in [0.29, 0.717) is 38.6 Å². The molecule has 0 bridgehead atoms. The summed E-state index contributed by atoms with van der Waals surface area (Å²) in [5.41, 5.74) is 3.65. The average molecular weight is 448 g/mol. The maximum atomic E-state index is 12.8. The Morgan fingerprint density at radius 1 is 1.26 bits per heavy atom. The number of nitrogens with zero attached hydrogens (tertiary/aromatic N) is 4. The van der Waals surface area contributed by atoms with E-state index in [4.69, 9.17) is 21.1 Å². The fourth-order valence-electron chi connectivity index (χ4n) is 4.17. The van der Waals surface area contributed by atoms with E-state index in [1.165, 1.54) is 0 Å². The van der Waals surface area contributed by atoms with E-state index in [-0.39, 0.29) is 5.91 Å². The number of benzene rings is 1. The molecule has 1 aromatic heterocycles. The highest BCUT2D eigenvalue weighted by Gasteiger charge is 2.25. The van der Waals surface area contributed by atoms with Crippen molar-refractivity contribution >= 4 is 23.2 Å². The van der Waals surface area contributed by atoms with Crippen LogP contribution in [0.3, 0.4) is 0 Å². The lowest BCUT2D eigenvalue weighted by atomic mass is 10.1. The largest absolute Gasteiger partial charge is 0.383 e. The van der Waals surface area contributed by atoms with Crippen LogP contribution in [0, 0.1) is 0 Å². The number of anilines is 1. The van der Waals surface area contributed by atoms with Gasteiger partial charge in [-0.05, 0) is 18.2 Å². The summed E-state index contributed by atoms with van der Waals surface area (Å²) < 4.78 is 12.6. The van der Waals surface area contributed by atoms with E-state index >= 15 is 0 Å². The van der Waals surface area contributed by atoms with E-state index in [0.717, 1.165) is 61.1 Å². The molecule has 1 aromatic carbocycles. The van der Waals surface area contributed by atoms with Crippen molar-refractivity contribution in [2.45, 2.75) is 19.6 Å². The van der Waals surface area contributed by atoms with Crippen LogP contribution < -0.4 is 10.2 Å². The molecule has 1 saturated heterocycles. The van der Waals surface area contributed by atoms with Crippen LogP contribution in [0.15, 0.2) is 24.3 Å². The molecule has 168 valence electrons. The van der Waals surface area contributed by atoms with E-state index in [1.807, 2.05) is 22.9 Å². The fourth-order valence-corrected chi connectivity index (χ4v) is 4.35. The Morgan fingerprint density at radius 2 is 2.10 bits per heavy atom. The Hall–Kier alpha value is -2.13. The zero-order chi connectivity index (χ0) is 21.6. The maximum absolute atomic E-state index is 12.8. The van der Waals surface area contributed by atoms with Crippen molar-refractivity contribution in [2.24, 2.45) is 0 Å². The molecule has 9 heteroatoms. The highest BCUT2D eigenvalue weighted by atomic mass is 35.5. The van der Waals surface area contributed by atoms with Crippen molar-refractivity contribution in [1.82, 2.24) is 20.0 Å². The number of hydrogen-bond donors (Lipinski definition) is 1. The summed E-state index contributed by atoms with van der Waals surface area (Å²) in [5, 5.41) is 8.36. The average Bonchev–Trinajstić information content (AvgIpc) is 3.17. The van der Waals surface area contributed by atoms with Gasteiger partial charge >= 0.3 is 0 Å². The van der Waals surface area contributed by atoms with Gasteiger partial charge in [0.2, 0.25) is 0 Å². The van der Waals surface area contributed by atoms with Gasteiger partial charge in [-0.1, -0.05) is 17.7 Å². The smallest absolute Gasteiger partial charge is 0.272 e. The number of carbonyl (C=O) groups excluding carboxylic acids is 1. The second-order valence-electron chi connectivity index (χ2n) is 7.86. The number of ether oxygens (including phenoxy) is 2. The second-order valence-corrected chi connectivity index (χ2v) is 8.29. The SMILES string of the molecule is COCCn1nc(C(=O)NCCN2CCN(c3cccc(Cl)c3)CC2)c2c1CCOC2. The number of fused-ring (bicyclic) bond motifs is 1. The van der Waals surface area contributed by atoms with E-state index in [1.54, 1.807) is 7.11 Å². The summed E-state index contributed by atoms with van der Waals surface area (Å²) in [6.07, 6.45) is 0.774. The molecule has 1 amide bonds. The lowest BCUT2D eigenvalue weighted by Gasteiger charge is -2.36. The minimum atomic E-state index is -0.129. The summed E-state index contributed by atoms with van der Waals surface area (Å²) >= 11 is 6.11. The first kappa shape index (κ1) is 22.1. The van der Waals surface area contributed by atoms with Crippen molar-refractivity contribution in [3.05, 3.63) is 46.2 Å². The van der Waals surface area contributed by atoms with Gasteiger partial charge in [0.25, 0.3) is 5.91 Å². The van der Waals surface area contributed by atoms with Crippen molar-refractivity contribution in [1.29, 1.82) is 0 Å². The number of halogens is 1. The minimum absolute atomic E-state index is 0.129. The van der Waals surface area contributed by atoms with Crippen molar-refractivity contribution in [3.63, 3.8) is 0 Å². The first-order valence-corrected chi connectivity index (χ1v) is 11.2. The Morgan fingerprint density at radius 3 is 2.87 bits per heavy atom. The summed E-state index contributed by atoms with van der Waals surface area (Å²) in [6, 6.07) is 7.99. The number of amides is 1. The maximum Gasteiger partial charge on any atom is 0.272 e. The number of hydrogen-bond acceptors (Lipinski definition) is 6. The standard InChI is InChI=1S/C22H30ClN5O3/c1-30-14-12-28-20-5-13-31-16-19(20)21(25-28)22(29)24-6-7-26-8-10-27(11-9-26)18-4-2-3-17(23)15-18/h2-4,15H,5-14,16H2,1H3,(H,24,29). The number of carbonyl (C=O) groups is 1. The fraction of sp³-hybridized carbons (Fsp3) is 0.545. The molecule has 4 rings (SSSR count). The molecule has 2 aromatic rings. The van der Waals surface area contributed by atoms with Gasteiger partial charge in [0.1, 0.15) is 0 Å². The molecule has 31 heavy (non-hydrogen) atoms. The van der Waals surface area contributed by atoms with Crippen LogP contribution in [0.1, 0.15) is 21.7 Å². The summed E-state index contributed by atoms with van der Waals surface area (Å²) in [7, 11) is 1.67. The van der Waals surface area contributed by atoms with Gasteiger partial charge in [0.15, 0.2) is 5.69 Å². The minimum Gasteiger partial charge on any atom is -0.383 e. The summed E-state index contributed by atoms with van der Waals surface area (Å²) in [4.78, 5) is 17.5.